The van der Waals surface area contributed by atoms with Crippen LogP contribution in [0.2, 0.25) is 0 Å². The summed E-state index contributed by atoms with van der Waals surface area (Å²) in [5.74, 6) is 1.58. The molecule has 1 amide bonds. The predicted molar refractivity (Wildman–Crippen MR) is 111 cm³/mol. The first-order chi connectivity index (χ1) is 14.0. The van der Waals surface area contributed by atoms with Gasteiger partial charge in [-0.1, -0.05) is 0 Å². The molecule has 0 spiro atoms. The second-order valence-corrected chi connectivity index (χ2v) is 8.43. The van der Waals surface area contributed by atoms with Crippen LogP contribution in [0.4, 0.5) is 5.82 Å². The maximum absolute atomic E-state index is 12.0. The second-order valence-electron chi connectivity index (χ2n) is 8.43. The largest absolute Gasteiger partial charge is 0.489 e. The van der Waals surface area contributed by atoms with Crippen LogP contribution < -0.4 is 15.4 Å². The summed E-state index contributed by atoms with van der Waals surface area (Å²) in [4.78, 5) is 16.4. The van der Waals surface area contributed by atoms with Crippen molar-refractivity contribution in [3.63, 3.8) is 0 Å². The number of fused-ring (bicyclic) bond motifs is 1. The first-order valence-electron chi connectivity index (χ1n) is 10.1. The molecule has 29 heavy (non-hydrogen) atoms. The Morgan fingerprint density at radius 1 is 1.38 bits per heavy atom. The summed E-state index contributed by atoms with van der Waals surface area (Å²) in [5.41, 5.74) is 3.93. The van der Waals surface area contributed by atoms with E-state index < -0.39 is 0 Å². The molecular weight excluding hydrogens is 366 g/mol. The van der Waals surface area contributed by atoms with E-state index in [9.17, 15) is 4.79 Å². The topological polar surface area (TPSA) is 80.5 Å². The molecule has 7 nitrogen and oxygen atoms in total. The minimum atomic E-state index is 0.0340. The highest BCUT2D eigenvalue weighted by molar-refractivity contribution is 5.93. The third-order valence-electron chi connectivity index (χ3n) is 5.75. The van der Waals surface area contributed by atoms with Gasteiger partial charge in [-0.3, -0.25) is 9.78 Å². The van der Waals surface area contributed by atoms with Crippen LogP contribution in [-0.2, 0) is 4.79 Å². The van der Waals surface area contributed by atoms with Crippen molar-refractivity contribution in [1.29, 1.82) is 0 Å². The van der Waals surface area contributed by atoms with Crippen LogP contribution >= 0.6 is 0 Å². The molecule has 0 radical (unpaired) electrons. The lowest BCUT2D eigenvalue weighted by Gasteiger charge is -2.39. The summed E-state index contributed by atoms with van der Waals surface area (Å²) in [7, 11) is 0. The van der Waals surface area contributed by atoms with Gasteiger partial charge in [-0.05, 0) is 63.4 Å². The zero-order chi connectivity index (χ0) is 20.0. The molecule has 2 N–H and O–H groups in total. The van der Waals surface area contributed by atoms with Crippen molar-refractivity contribution in [3.05, 3.63) is 42.4 Å². The third kappa shape index (κ3) is 3.70. The maximum atomic E-state index is 12.0. The molecule has 3 aromatic rings. The first kappa shape index (κ1) is 18.1. The Morgan fingerprint density at radius 2 is 2.21 bits per heavy atom. The van der Waals surface area contributed by atoms with E-state index in [1.165, 1.54) is 0 Å². The first-order valence-corrected chi connectivity index (χ1v) is 10.1. The molecule has 0 bridgehead atoms. The van der Waals surface area contributed by atoms with Crippen molar-refractivity contribution < 1.29 is 9.53 Å². The van der Waals surface area contributed by atoms with E-state index in [1.54, 1.807) is 10.7 Å². The molecule has 1 atom stereocenters. The molecule has 4 heterocycles. The quantitative estimate of drug-likeness (QED) is 0.675. The Morgan fingerprint density at radius 3 is 2.93 bits per heavy atom. The zero-order valence-corrected chi connectivity index (χ0v) is 16.7. The number of pyridine rings is 2. The second kappa shape index (κ2) is 6.84. The smallest absolute Gasteiger partial charge is 0.228 e. The summed E-state index contributed by atoms with van der Waals surface area (Å²) in [6, 6.07) is 8.02. The molecule has 2 aliphatic rings. The van der Waals surface area contributed by atoms with Gasteiger partial charge < -0.3 is 15.4 Å². The Hall–Kier alpha value is -2.93. The van der Waals surface area contributed by atoms with E-state index in [2.05, 4.69) is 33.7 Å². The Labute approximate surface area is 169 Å². The van der Waals surface area contributed by atoms with Crippen molar-refractivity contribution in [2.75, 3.05) is 18.5 Å². The minimum Gasteiger partial charge on any atom is -0.489 e. The molecule has 1 aliphatic heterocycles. The molecule has 5 rings (SSSR count). The Kier molecular flexibility index (Phi) is 4.28. The molecule has 2 fully saturated rings. The third-order valence-corrected chi connectivity index (χ3v) is 5.75. The van der Waals surface area contributed by atoms with E-state index in [0.29, 0.717) is 12.4 Å². The number of hydrogen-bond acceptors (Lipinski definition) is 5. The fraction of sp³-hybridized carbons (Fsp3) is 0.409. The van der Waals surface area contributed by atoms with Gasteiger partial charge in [-0.2, -0.15) is 5.10 Å². The average Bonchev–Trinajstić information content (AvgIpc) is 3.46. The minimum absolute atomic E-state index is 0.0340. The van der Waals surface area contributed by atoms with Crippen molar-refractivity contribution in [2.45, 2.75) is 38.6 Å². The maximum Gasteiger partial charge on any atom is 0.228 e. The van der Waals surface area contributed by atoms with E-state index in [4.69, 9.17) is 4.74 Å². The summed E-state index contributed by atoms with van der Waals surface area (Å²) < 4.78 is 7.93. The lowest BCUT2D eigenvalue weighted by atomic mass is 9.91. The highest BCUT2D eigenvalue weighted by Crippen LogP contribution is 2.33. The number of nitrogens with zero attached hydrogens (tertiary/aromatic N) is 3. The number of rotatable bonds is 6. The van der Waals surface area contributed by atoms with Gasteiger partial charge in [0, 0.05) is 29.4 Å². The Balaban J connectivity index is 1.43. The number of carbonyl (C=O) groups is 1. The molecule has 0 unspecified atom stereocenters. The number of ether oxygens (including phenoxy) is 1. The Bertz CT molecular complexity index is 1080. The van der Waals surface area contributed by atoms with Gasteiger partial charge in [-0.25, -0.2) is 4.52 Å². The SMILES string of the molecule is Cc1cc(-c2ccn3nc(NC(=O)C4CC4)cc3c2)c(OC[C@]2(C)CCN2)cn1. The number of aryl methyl sites for hydroxylation is 1. The zero-order valence-electron chi connectivity index (χ0n) is 16.7. The summed E-state index contributed by atoms with van der Waals surface area (Å²) in [6.07, 6.45) is 6.77. The average molecular weight is 391 g/mol. The number of anilines is 1. The van der Waals surface area contributed by atoms with Crippen LogP contribution in [0, 0.1) is 12.8 Å². The van der Waals surface area contributed by atoms with Crippen molar-refractivity contribution >= 4 is 17.2 Å². The van der Waals surface area contributed by atoms with E-state index in [-0.39, 0.29) is 17.4 Å². The van der Waals surface area contributed by atoms with Crippen LogP contribution in [0.15, 0.2) is 36.7 Å². The number of amides is 1. The number of nitrogens with one attached hydrogen (secondary N) is 2. The molecule has 7 heteroatoms. The number of aromatic nitrogens is 3. The fourth-order valence-electron chi connectivity index (χ4n) is 3.60. The summed E-state index contributed by atoms with van der Waals surface area (Å²) in [5, 5.41) is 10.8. The predicted octanol–water partition coefficient (Wildman–Crippen LogP) is 3.18. The monoisotopic (exact) mass is 391 g/mol. The molecule has 1 aliphatic carbocycles. The molecule has 1 saturated carbocycles. The van der Waals surface area contributed by atoms with Gasteiger partial charge in [-0.15, -0.1) is 0 Å². The van der Waals surface area contributed by atoms with Gasteiger partial charge in [0.15, 0.2) is 5.82 Å². The fourth-order valence-corrected chi connectivity index (χ4v) is 3.60. The summed E-state index contributed by atoms with van der Waals surface area (Å²) in [6.45, 7) is 5.80. The van der Waals surface area contributed by atoms with Crippen LogP contribution in [0.3, 0.4) is 0 Å². The number of carbonyl (C=O) groups excluding carboxylic acids is 1. The normalized spacial score (nSPS) is 21.0. The van der Waals surface area contributed by atoms with Crippen LogP contribution in [0.1, 0.15) is 31.9 Å². The standard InChI is InChI=1S/C22H25N5O2/c1-14-9-18(19(12-23-14)29-13-22(2)6-7-24-22)16-5-8-27-17(10-16)11-20(26-27)25-21(28)15-3-4-15/h5,8-12,15,24H,3-4,6-7,13H2,1-2H3,(H,25,26,28)/t22-/m0/s1. The van der Waals surface area contributed by atoms with Crippen LogP contribution in [0.5, 0.6) is 5.75 Å². The molecule has 3 aromatic heterocycles. The highest BCUT2D eigenvalue weighted by Gasteiger charge is 2.32. The molecular formula is C22H25N5O2. The van der Waals surface area contributed by atoms with Crippen LogP contribution in [0.25, 0.3) is 16.6 Å². The van der Waals surface area contributed by atoms with Gasteiger partial charge in [0.05, 0.1) is 17.3 Å². The number of hydrogen-bond donors (Lipinski definition) is 2. The van der Waals surface area contributed by atoms with Gasteiger partial charge >= 0.3 is 0 Å². The van der Waals surface area contributed by atoms with E-state index in [0.717, 1.165) is 53.9 Å². The van der Waals surface area contributed by atoms with Crippen molar-refractivity contribution in [3.8, 4) is 16.9 Å². The van der Waals surface area contributed by atoms with Crippen molar-refractivity contribution in [2.24, 2.45) is 5.92 Å². The lowest BCUT2D eigenvalue weighted by molar-refractivity contribution is -0.117. The lowest BCUT2D eigenvalue weighted by Crippen LogP contribution is -2.58. The van der Waals surface area contributed by atoms with E-state index >= 15 is 0 Å². The van der Waals surface area contributed by atoms with Crippen LogP contribution in [-0.4, -0.2) is 39.2 Å². The summed E-state index contributed by atoms with van der Waals surface area (Å²) >= 11 is 0. The van der Waals surface area contributed by atoms with E-state index in [1.807, 2.05) is 31.3 Å². The molecule has 150 valence electrons. The van der Waals surface area contributed by atoms with Crippen molar-refractivity contribution in [1.82, 2.24) is 19.9 Å². The molecule has 1 saturated heterocycles. The van der Waals surface area contributed by atoms with Gasteiger partial charge in [0.1, 0.15) is 12.4 Å². The molecule has 0 aromatic carbocycles. The highest BCUT2D eigenvalue weighted by atomic mass is 16.5. The van der Waals surface area contributed by atoms with Gasteiger partial charge in [0.2, 0.25) is 5.91 Å². The van der Waals surface area contributed by atoms with Gasteiger partial charge in [0.25, 0.3) is 0 Å².